The summed E-state index contributed by atoms with van der Waals surface area (Å²) in [5, 5.41) is 8.89. The summed E-state index contributed by atoms with van der Waals surface area (Å²) in [6, 6.07) is 11.7. The van der Waals surface area contributed by atoms with Crippen molar-refractivity contribution in [2.45, 2.75) is 18.9 Å². The van der Waals surface area contributed by atoms with Crippen molar-refractivity contribution in [2.24, 2.45) is 7.05 Å². The van der Waals surface area contributed by atoms with Gasteiger partial charge in [0.25, 0.3) is 0 Å². The van der Waals surface area contributed by atoms with E-state index in [9.17, 15) is 4.79 Å². The Labute approximate surface area is 146 Å². The Kier molecular flexibility index (Phi) is 4.09. The zero-order valence-corrected chi connectivity index (χ0v) is 14.1. The average molecular weight is 336 g/mol. The lowest BCUT2D eigenvalue weighted by Gasteiger charge is -2.16. The molecule has 0 N–H and O–H groups in total. The zero-order valence-electron chi connectivity index (χ0n) is 14.1. The van der Waals surface area contributed by atoms with Crippen molar-refractivity contribution >= 4 is 16.8 Å². The Hall–Kier alpha value is -2.89. The molecule has 2 aromatic heterocycles. The van der Waals surface area contributed by atoms with Gasteiger partial charge in [0, 0.05) is 49.4 Å². The molecule has 0 aliphatic carbocycles. The molecule has 25 heavy (non-hydrogen) atoms. The van der Waals surface area contributed by atoms with Gasteiger partial charge in [-0.25, -0.2) is 0 Å². The van der Waals surface area contributed by atoms with Crippen LogP contribution in [0.4, 0.5) is 0 Å². The Balaban J connectivity index is 1.42. The molecule has 1 aliphatic heterocycles. The second-order valence-corrected chi connectivity index (χ2v) is 6.39. The smallest absolute Gasteiger partial charge is 0.233 e. The standard InChI is InChI=1S/C19H20N4O2/c1-22-12-14(16-5-2-3-6-17(16)22)11-19(24)23-10-8-15(13-23)25-18-7-4-9-20-21-18/h2-7,9,12,15H,8,10-11,13H2,1H3/t15-/m1/s1. The van der Waals surface area contributed by atoms with Crippen LogP contribution < -0.4 is 4.74 Å². The molecule has 0 spiro atoms. The first-order chi connectivity index (χ1) is 12.2. The number of benzene rings is 1. The van der Waals surface area contributed by atoms with Crippen molar-refractivity contribution < 1.29 is 9.53 Å². The lowest BCUT2D eigenvalue weighted by Crippen LogP contribution is -2.32. The molecule has 1 atom stereocenters. The predicted molar refractivity (Wildman–Crippen MR) is 94.3 cm³/mol. The van der Waals surface area contributed by atoms with Crippen molar-refractivity contribution in [2.75, 3.05) is 13.1 Å². The van der Waals surface area contributed by atoms with E-state index in [1.807, 2.05) is 30.3 Å². The molecule has 0 bridgehead atoms. The zero-order chi connectivity index (χ0) is 17.2. The van der Waals surface area contributed by atoms with E-state index in [2.05, 4.69) is 26.9 Å². The molecule has 6 nitrogen and oxygen atoms in total. The predicted octanol–water partition coefficient (Wildman–Crippen LogP) is 2.19. The molecular formula is C19H20N4O2. The number of carbonyl (C=O) groups excluding carboxylic acids is 1. The van der Waals surface area contributed by atoms with Gasteiger partial charge in [0.15, 0.2) is 0 Å². The van der Waals surface area contributed by atoms with E-state index in [1.165, 1.54) is 0 Å². The largest absolute Gasteiger partial charge is 0.471 e. The van der Waals surface area contributed by atoms with E-state index < -0.39 is 0 Å². The minimum Gasteiger partial charge on any atom is -0.471 e. The van der Waals surface area contributed by atoms with Crippen LogP contribution in [0, 0.1) is 0 Å². The van der Waals surface area contributed by atoms with Crippen molar-refractivity contribution in [3.8, 4) is 5.88 Å². The number of aromatic nitrogens is 3. The monoisotopic (exact) mass is 336 g/mol. The molecule has 0 unspecified atom stereocenters. The highest BCUT2D eigenvalue weighted by atomic mass is 16.5. The summed E-state index contributed by atoms with van der Waals surface area (Å²) < 4.78 is 7.88. The number of likely N-dealkylation sites (tertiary alicyclic amines) is 1. The molecule has 0 saturated carbocycles. The van der Waals surface area contributed by atoms with Crippen LogP contribution in [-0.2, 0) is 18.3 Å². The third-order valence-corrected chi connectivity index (χ3v) is 4.65. The number of hydrogen-bond acceptors (Lipinski definition) is 4. The normalized spacial score (nSPS) is 17.2. The quantitative estimate of drug-likeness (QED) is 0.733. The van der Waals surface area contributed by atoms with Gasteiger partial charge in [0.2, 0.25) is 11.8 Å². The van der Waals surface area contributed by atoms with Crippen LogP contribution in [-0.4, -0.2) is 44.8 Å². The number of hydrogen-bond donors (Lipinski definition) is 0. The van der Waals surface area contributed by atoms with Gasteiger partial charge < -0.3 is 14.2 Å². The van der Waals surface area contributed by atoms with Gasteiger partial charge in [0.05, 0.1) is 13.0 Å². The van der Waals surface area contributed by atoms with Crippen molar-refractivity contribution in [1.29, 1.82) is 0 Å². The summed E-state index contributed by atoms with van der Waals surface area (Å²) >= 11 is 0. The van der Waals surface area contributed by atoms with Gasteiger partial charge >= 0.3 is 0 Å². The van der Waals surface area contributed by atoms with Crippen molar-refractivity contribution in [3.05, 3.63) is 54.4 Å². The van der Waals surface area contributed by atoms with Crippen molar-refractivity contribution in [1.82, 2.24) is 19.7 Å². The molecule has 4 rings (SSSR count). The highest BCUT2D eigenvalue weighted by molar-refractivity contribution is 5.89. The number of rotatable bonds is 4. The summed E-state index contributed by atoms with van der Waals surface area (Å²) in [4.78, 5) is 14.6. The molecule has 1 aliphatic rings. The first-order valence-electron chi connectivity index (χ1n) is 8.46. The molecule has 1 fully saturated rings. The lowest BCUT2D eigenvalue weighted by atomic mass is 10.1. The highest BCUT2D eigenvalue weighted by Crippen LogP contribution is 2.22. The fourth-order valence-corrected chi connectivity index (χ4v) is 3.41. The molecule has 3 aromatic rings. The van der Waals surface area contributed by atoms with Crippen LogP contribution >= 0.6 is 0 Å². The molecule has 1 aromatic carbocycles. The summed E-state index contributed by atoms with van der Waals surface area (Å²) in [6.07, 6.45) is 4.87. The Morgan fingerprint density at radius 2 is 2.16 bits per heavy atom. The van der Waals surface area contributed by atoms with E-state index in [1.54, 1.807) is 18.3 Å². The van der Waals surface area contributed by atoms with E-state index in [0.717, 1.165) is 22.9 Å². The number of nitrogens with zero attached hydrogens (tertiary/aromatic N) is 4. The first-order valence-corrected chi connectivity index (χ1v) is 8.46. The van der Waals surface area contributed by atoms with E-state index >= 15 is 0 Å². The number of carbonyl (C=O) groups is 1. The van der Waals surface area contributed by atoms with Gasteiger partial charge in [-0.1, -0.05) is 18.2 Å². The second-order valence-electron chi connectivity index (χ2n) is 6.39. The van der Waals surface area contributed by atoms with Crippen LogP contribution in [0.2, 0.25) is 0 Å². The van der Waals surface area contributed by atoms with E-state index in [0.29, 0.717) is 25.4 Å². The van der Waals surface area contributed by atoms with E-state index in [4.69, 9.17) is 4.74 Å². The summed E-state index contributed by atoms with van der Waals surface area (Å²) in [6.45, 7) is 1.31. The number of amides is 1. The lowest BCUT2D eigenvalue weighted by molar-refractivity contribution is -0.129. The maximum Gasteiger partial charge on any atom is 0.233 e. The maximum atomic E-state index is 12.7. The Morgan fingerprint density at radius 3 is 3.00 bits per heavy atom. The van der Waals surface area contributed by atoms with Gasteiger partial charge in [-0.2, -0.15) is 5.10 Å². The minimum absolute atomic E-state index is 0.0202. The Morgan fingerprint density at radius 1 is 1.28 bits per heavy atom. The summed E-state index contributed by atoms with van der Waals surface area (Å²) in [5.41, 5.74) is 2.22. The van der Waals surface area contributed by atoms with Crippen LogP contribution in [0.25, 0.3) is 10.9 Å². The highest BCUT2D eigenvalue weighted by Gasteiger charge is 2.28. The number of fused-ring (bicyclic) bond motifs is 1. The molecular weight excluding hydrogens is 316 g/mol. The average Bonchev–Trinajstić information content (AvgIpc) is 3.22. The van der Waals surface area contributed by atoms with Crippen LogP contribution in [0.15, 0.2) is 48.8 Å². The molecule has 1 saturated heterocycles. The van der Waals surface area contributed by atoms with E-state index in [-0.39, 0.29) is 12.0 Å². The Bertz CT molecular complexity index is 891. The van der Waals surface area contributed by atoms with Gasteiger partial charge in [0.1, 0.15) is 6.10 Å². The molecule has 0 radical (unpaired) electrons. The minimum atomic E-state index is -0.0202. The van der Waals surface area contributed by atoms with Crippen LogP contribution in [0.1, 0.15) is 12.0 Å². The molecule has 6 heteroatoms. The third-order valence-electron chi connectivity index (χ3n) is 4.65. The number of ether oxygens (including phenoxy) is 1. The maximum absolute atomic E-state index is 12.7. The number of aryl methyl sites for hydroxylation is 1. The third kappa shape index (κ3) is 3.20. The second kappa shape index (κ2) is 6.55. The first kappa shape index (κ1) is 15.6. The molecule has 1 amide bonds. The van der Waals surface area contributed by atoms with Crippen LogP contribution in [0.3, 0.4) is 0 Å². The molecule has 128 valence electrons. The number of para-hydroxylation sites is 1. The van der Waals surface area contributed by atoms with Crippen molar-refractivity contribution in [3.63, 3.8) is 0 Å². The van der Waals surface area contributed by atoms with Crippen LogP contribution in [0.5, 0.6) is 5.88 Å². The topological polar surface area (TPSA) is 60.2 Å². The summed E-state index contributed by atoms with van der Waals surface area (Å²) in [7, 11) is 2.01. The fraction of sp³-hybridized carbons (Fsp3) is 0.316. The summed E-state index contributed by atoms with van der Waals surface area (Å²) in [5.74, 6) is 0.650. The fourth-order valence-electron chi connectivity index (χ4n) is 3.41. The van der Waals surface area contributed by atoms with Gasteiger partial charge in [-0.3, -0.25) is 4.79 Å². The van der Waals surface area contributed by atoms with Gasteiger partial charge in [-0.05, 0) is 17.7 Å². The van der Waals surface area contributed by atoms with Gasteiger partial charge in [-0.15, -0.1) is 5.10 Å². The molecule has 3 heterocycles. The SMILES string of the molecule is Cn1cc(CC(=O)N2CC[C@@H](Oc3cccnn3)C2)c2ccccc21.